The van der Waals surface area contributed by atoms with E-state index in [1.54, 1.807) is 0 Å². The van der Waals surface area contributed by atoms with E-state index in [4.69, 9.17) is 10.4 Å². The number of anilines is 3. The first-order valence-corrected chi connectivity index (χ1v) is 10.6. The SMILES string of the molecule is C=CC1=C(C(C)=N)N2c3ccccc3N(c3ccc(C)nc3C)C2C(C)(C)C1(C)C. The summed E-state index contributed by atoms with van der Waals surface area (Å²) in [6.07, 6.45) is 1.97. The quantitative estimate of drug-likeness (QED) is 0.596. The van der Waals surface area contributed by atoms with Gasteiger partial charge in [-0.1, -0.05) is 52.5 Å². The Labute approximate surface area is 180 Å². The molecule has 0 amide bonds. The fourth-order valence-electron chi connectivity index (χ4n) is 5.16. The van der Waals surface area contributed by atoms with Gasteiger partial charge in [-0.3, -0.25) is 4.98 Å². The van der Waals surface area contributed by atoms with Crippen molar-refractivity contribution in [3.05, 3.63) is 71.7 Å². The van der Waals surface area contributed by atoms with Crippen molar-refractivity contribution in [1.29, 1.82) is 5.41 Å². The molecule has 0 fully saturated rings. The number of rotatable bonds is 3. The van der Waals surface area contributed by atoms with E-state index in [2.05, 4.69) is 87.4 Å². The van der Waals surface area contributed by atoms with Crippen molar-refractivity contribution < 1.29 is 0 Å². The predicted molar refractivity (Wildman–Crippen MR) is 127 cm³/mol. The molecule has 1 aromatic carbocycles. The highest BCUT2D eigenvalue weighted by Crippen LogP contribution is 2.61. The molecule has 0 saturated heterocycles. The molecule has 156 valence electrons. The Hall–Kier alpha value is -2.88. The van der Waals surface area contributed by atoms with Gasteiger partial charge >= 0.3 is 0 Å². The number of hydrogen-bond donors (Lipinski definition) is 1. The first kappa shape index (κ1) is 20.4. The maximum atomic E-state index is 8.68. The molecule has 3 heterocycles. The van der Waals surface area contributed by atoms with Gasteiger partial charge in [-0.2, -0.15) is 0 Å². The normalized spacial score (nSPS) is 21.4. The second-order valence-electron chi connectivity index (χ2n) is 9.60. The van der Waals surface area contributed by atoms with Crippen LogP contribution in [0.15, 0.2) is 60.3 Å². The number of nitrogens with zero attached hydrogens (tertiary/aromatic N) is 3. The summed E-state index contributed by atoms with van der Waals surface area (Å²) in [5.41, 5.74) is 7.78. The van der Waals surface area contributed by atoms with Gasteiger partial charge in [0.25, 0.3) is 0 Å². The summed E-state index contributed by atoms with van der Waals surface area (Å²) in [4.78, 5) is 9.56. The van der Waals surface area contributed by atoms with Gasteiger partial charge in [0.2, 0.25) is 0 Å². The van der Waals surface area contributed by atoms with Gasteiger partial charge in [0, 0.05) is 16.5 Å². The highest BCUT2D eigenvalue weighted by molar-refractivity contribution is 6.04. The first-order chi connectivity index (χ1) is 14.0. The van der Waals surface area contributed by atoms with Crippen molar-refractivity contribution >= 4 is 22.8 Å². The monoisotopic (exact) mass is 400 g/mol. The summed E-state index contributed by atoms with van der Waals surface area (Å²) in [6.45, 7) is 19.4. The number of benzene rings is 1. The molecule has 4 heteroatoms. The summed E-state index contributed by atoms with van der Waals surface area (Å²) >= 11 is 0. The number of aromatic nitrogens is 1. The van der Waals surface area contributed by atoms with Crippen LogP contribution >= 0.6 is 0 Å². The second-order valence-corrected chi connectivity index (χ2v) is 9.60. The third-order valence-electron chi connectivity index (χ3n) is 7.33. The molecule has 0 saturated carbocycles. The molecule has 2 aromatic rings. The number of aryl methyl sites for hydroxylation is 2. The molecular weight excluding hydrogens is 368 g/mol. The van der Waals surface area contributed by atoms with Crippen molar-refractivity contribution in [1.82, 2.24) is 4.98 Å². The molecule has 2 aliphatic rings. The van der Waals surface area contributed by atoms with Crippen LogP contribution in [0.1, 0.15) is 46.0 Å². The molecule has 0 aliphatic carbocycles. The fourth-order valence-corrected chi connectivity index (χ4v) is 5.16. The minimum atomic E-state index is -0.181. The molecular formula is C26H32N4. The highest BCUT2D eigenvalue weighted by atomic mass is 15.4. The Morgan fingerprint density at radius 3 is 2.13 bits per heavy atom. The molecule has 1 atom stereocenters. The standard InChI is InChI=1S/C26H32N4/c1-9-19-23(17(3)27)30-22-13-11-10-12-21(22)29(20-15-14-16(2)28-18(20)4)24(30)26(7,8)25(19,5)6/h9-15,24,27H,1H2,2-8H3. The smallest absolute Gasteiger partial charge is 0.117 e. The molecule has 4 nitrogen and oxygen atoms in total. The average Bonchev–Trinajstić information content (AvgIpc) is 3.00. The minimum Gasteiger partial charge on any atom is -0.316 e. The summed E-state index contributed by atoms with van der Waals surface area (Å²) in [5.74, 6) is 0. The maximum Gasteiger partial charge on any atom is 0.117 e. The highest BCUT2D eigenvalue weighted by Gasteiger charge is 2.58. The largest absolute Gasteiger partial charge is 0.316 e. The lowest BCUT2D eigenvalue weighted by Gasteiger charge is -2.57. The Morgan fingerprint density at radius 1 is 1.00 bits per heavy atom. The van der Waals surface area contributed by atoms with Crippen LogP contribution in [0.2, 0.25) is 0 Å². The van der Waals surface area contributed by atoms with Gasteiger partial charge in [0.1, 0.15) is 6.17 Å². The minimum absolute atomic E-state index is 0.0205. The van der Waals surface area contributed by atoms with Gasteiger partial charge in [-0.05, 0) is 50.6 Å². The van der Waals surface area contributed by atoms with E-state index in [1.807, 2.05) is 19.9 Å². The van der Waals surface area contributed by atoms with Crippen molar-refractivity contribution in [2.45, 2.75) is 54.6 Å². The number of hydrogen-bond acceptors (Lipinski definition) is 4. The average molecular weight is 401 g/mol. The summed E-state index contributed by atoms with van der Waals surface area (Å²) < 4.78 is 0. The molecule has 0 spiro atoms. The zero-order valence-corrected chi connectivity index (χ0v) is 19.2. The van der Waals surface area contributed by atoms with Crippen molar-refractivity contribution in [2.75, 3.05) is 9.80 Å². The molecule has 0 radical (unpaired) electrons. The van der Waals surface area contributed by atoms with Crippen LogP contribution in [0.5, 0.6) is 0 Å². The molecule has 30 heavy (non-hydrogen) atoms. The lowest BCUT2D eigenvalue weighted by atomic mass is 9.59. The van der Waals surface area contributed by atoms with Gasteiger partial charge < -0.3 is 15.2 Å². The molecule has 4 rings (SSSR count). The first-order valence-electron chi connectivity index (χ1n) is 10.6. The molecule has 2 aliphatic heterocycles. The van der Waals surface area contributed by atoms with Crippen LogP contribution in [0.4, 0.5) is 17.1 Å². The van der Waals surface area contributed by atoms with Crippen molar-refractivity contribution in [2.24, 2.45) is 10.8 Å². The number of allylic oxidation sites excluding steroid dienone is 3. The van der Waals surface area contributed by atoms with Gasteiger partial charge in [-0.15, -0.1) is 0 Å². The molecule has 1 unspecified atom stereocenters. The third-order valence-corrected chi connectivity index (χ3v) is 7.33. The van der Waals surface area contributed by atoms with E-state index in [0.29, 0.717) is 5.71 Å². The predicted octanol–water partition coefficient (Wildman–Crippen LogP) is 6.53. The number of fused-ring (bicyclic) bond motifs is 3. The van der Waals surface area contributed by atoms with Gasteiger partial charge in [0.15, 0.2) is 0 Å². The van der Waals surface area contributed by atoms with Crippen LogP contribution in [0.3, 0.4) is 0 Å². The van der Waals surface area contributed by atoms with Crippen LogP contribution in [0, 0.1) is 30.1 Å². The zero-order valence-electron chi connectivity index (χ0n) is 19.2. The molecule has 0 bridgehead atoms. The topological polar surface area (TPSA) is 43.2 Å². The van der Waals surface area contributed by atoms with Crippen molar-refractivity contribution in [3.63, 3.8) is 0 Å². The number of nitrogens with one attached hydrogen (secondary N) is 1. The van der Waals surface area contributed by atoms with E-state index >= 15 is 0 Å². The van der Waals surface area contributed by atoms with E-state index in [0.717, 1.165) is 39.7 Å². The van der Waals surface area contributed by atoms with Gasteiger partial charge in [0.05, 0.1) is 34.2 Å². The Balaban J connectivity index is 2.09. The molecule has 1 aromatic heterocycles. The lowest BCUT2D eigenvalue weighted by Crippen LogP contribution is -2.61. The van der Waals surface area contributed by atoms with E-state index in [9.17, 15) is 0 Å². The van der Waals surface area contributed by atoms with Crippen LogP contribution < -0.4 is 9.80 Å². The Bertz CT molecular complexity index is 1090. The number of para-hydroxylation sites is 2. The summed E-state index contributed by atoms with van der Waals surface area (Å²) in [7, 11) is 0. The van der Waals surface area contributed by atoms with Gasteiger partial charge in [-0.25, -0.2) is 0 Å². The third kappa shape index (κ3) is 2.52. The number of pyridine rings is 1. The Morgan fingerprint density at radius 2 is 1.60 bits per heavy atom. The summed E-state index contributed by atoms with van der Waals surface area (Å²) in [6, 6.07) is 12.8. The Kier molecular flexibility index (Phi) is 4.46. The zero-order chi connectivity index (χ0) is 22.0. The maximum absolute atomic E-state index is 8.68. The van der Waals surface area contributed by atoms with Crippen molar-refractivity contribution in [3.8, 4) is 0 Å². The fraction of sp³-hybridized carbons (Fsp3) is 0.385. The van der Waals surface area contributed by atoms with Crippen LogP contribution in [-0.2, 0) is 0 Å². The summed E-state index contributed by atoms with van der Waals surface area (Å²) in [5, 5.41) is 8.68. The van der Waals surface area contributed by atoms with Crippen LogP contribution in [0.25, 0.3) is 0 Å². The van der Waals surface area contributed by atoms with E-state index < -0.39 is 0 Å². The lowest BCUT2D eigenvalue weighted by molar-refractivity contribution is 0.108. The second kappa shape index (κ2) is 6.56. The molecule has 1 N–H and O–H groups in total. The van der Waals surface area contributed by atoms with E-state index in [-0.39, 0.29) is 17.0 Å². The van der Waals surface area contributed by atoms with E-state index in [1.165, 1.54) is 0 Å². The van der Waals surface area contributed by atoms with Crippen LogP contribution in [-0.4, -0.2) is 16.9 Å².